The first-order valence-electron chi connectivity index (χ1n) is 17.1. The maximum absolute atomic E-state index is 5.31. The van der Waals surface area contributed by atoms with Crippen LogP contribution in [0.4, 0.5) is 0 Å². The van der Waals surface area contributed by atoms with E-state index in [4.69, 9.17) is 34.9 Å². The third kappa shape index (κ3) is 5.11. The minimum Gasteiger partial charge on any atom is -0.254 e. The van der Waals surface area contributed by atoms with Gasteiger partial charge in [0.1, 0.15) is 0 Å². The monoisotopic (exact) mass is 665 g/mol. The highest BCUT2D eigenvalue weighted by molar-refractivity contribution is 6.10. The Labute approximate surface area is 298 Å². The zero-order valence-corrected chi connectivity index (χ0v) is 27.7. The summed E-state index contributed by atoms with van der Waals surface area (Å²) in [6.45, 7) is 0. The first-order chi connectivity index (χ1) is 25.8. The van der Waals surface area contributed by atoms with Crippen molar-refractivity contribution in [3.8, 4) is 56.7 Å². The summed E-state index contributed by atoms with van der Waals surface area (Å²) in [5.41, 5.74) is 9.38. The molecule has 0 N–H and O–H groups in total. The molecule has 0 unspecified atom stereocenters. The zero-order chi connectivity index (χ0) is 34.4. The molecule has 0 saturated carbocycles. The predicted molar refractivity (Wildman–Crippen MR) is 208 cm³/mol. The Balaban J connectivity index is 1.30. The summed E-state index contributed by atoms with van der Waals surface area (Å²) in [5.74, 6) is 1.64. The van der Waals surface area contributed by atoms with Gasteiger partial charge in [0.25, 0.3) is 0 Å². The van der Waals surface area contributed by atoms with Crippen LogP contribution in [0.15, 0.2) is 164 Å². The molecule has 0 aliphatic heterocycles. The van der Waals surface area contributed by atoms with Crippen LogP contribution in [0.3, 0.4) is 0 Å². The molecule has 0 saturated heterocycles. The molecule has 0 atom stereocenters. The van der Waals surface area contributed by atoms with E-state index >= 15 is 0 Å². The Bertz CT molecular complexity index is 2770. The number of fused-ring (bicyclic) bond motifs is 6. The molecular weight excluding hydrogens is 639 g/mol. The number of pyridine rings is 4. The molecule has 10 aromatic rings. The molecule has 242 valence electrons. The van der Waals surface area contributed by atoms with Gasteiger partial charge in [0.15, 0.2) is 17.5 Å². The lowest BCUT2D eigenvalue weighted by Gasteiger charge is -2.15. The maximum atomic E-state index is 5.31. The standard InChI is InChI=1S/C45H27N7/c1-4-12-28(13-5-1)37-26-35(33-22-20-30-18-10-24-46-39(30)41(33)48-37)44-50-43(32-16-8-3-9-17-32)51-45(52-44)36-27-38(29-14-6-2-7-15-29)49-42-34(36)23-21-31-19-11-25-47-40(31)42/h1-27H. The molecule has 7 heteroatoms. The summed E-state index contributed by atoms with van der Waals surface area (Å²) >= 11 is 0. The number of benzene rings is 5. The molecule has 0 bridgehead atoms. The summed E-state index contributed by atoms with van der Waals surface area (Å²) in [6, 6.07) is 50.9. The Hall–Kier alpha value is -7.25. The van der Waals surface area contributed by atoms with E-state index in [2.05, 4.69) is 72.8 Å². The van der Waals surface area contributed by atoms with Crippen LogP contribution in [0.25, 0.3) is 100 Å². The van der Waals surface area contributed by atoms with Crippen molar-refractivity contribution in [3.63, 3.8) is 0 Å². The van der Waals surface area contributed by atoms with Gasteiger partial charge in [-0.25, -0.2) is 24.9 Å². The lowest BCUT2D eigenvalue weighted by Crippen LogP contribution is -2.03. The normalized spacial score (nSPS) is 11.5. The summed E-state index contributed by atoms with van der Waals surface area (Å²) in [7, 11) is 0. The highest BCUT2D eigenvalue weighted by Crippen LogP contribution is 2.38. The van der Waals surface area contributed by atoms with E-state index in [9.17, 15) is 0 Å². The van der Waals surface area contributed by atoms with Crippen LogP contribution < -0.4 is 0 Å². The van der Waals surface area contributed by atoms with Crippen LogP contribution in [0.1, 0.15) is 0 Å². The SMILES string of the molecule is c1ccc(-c2cc(-c3nc(-c4ccccc4)nc(-c4cc(-c5ccccc5)nc5c4ccc4cccnc45)n3)c3ccc4cccnc4c3n2)cc1. The summed E-state index contributed by atoms with van der Waals surface area (Å²) < 4.78 is 0. The molecule has 0 amide bonds. The molecule has 5 aromatic carbocycles. The number of rotatable bonds is 5. The van der Waals surface area contributed by atoms with Gasteiger partial charge in [-0.2, -0.15) is 0 Å². The Morgan fingerprint density at radius 2 is 0.731 bits per heavy atom. The topological polar surface area (TPSA) is 90.2 Å². The predicted octanol–water partition coefficient (Wildman–Crippen LogP) is 10.4. The number of nitrogens with zero attached hydrogens (tertiary/aromatic N) is 7. The van der Waals surface area contributed by atoms with Crippen LogP contribution >= 0.6 is 0 Å². The molecule has 5 aromatic heterocycles. The van der Waals surface area contributed by atoms with Gasteiger partial charge in [0.05, 0.1) is 33.5 Å². The quantitative estimate of drug-likeness (QED) is 0.169. The van der Waals surface area contributed by atoms with E-state index in [-0.39, 0.29) is 0 Å². The van der Waals surface area contributed by atoms with Gasteiger partial charge in [0, 0.05) is 61.8 Å². The summed E-state index contributed by atoms with van der Waals surface area (Å²) in [6.07, 6.45) is 3.62. The van der Waals surface area contributed by atoms with Gasteiger partial charge in [0.2, 0.25) is 0 Å². The lowest BCUT2D eigenvalue weighted by molar-refractivity contribution is 1.08. The van der Waals surface area contributed by atoms with Crippen molar-refractivity contribution in [2.24, 2.45) is 0 Å². The maximum Gasteiger partial charge on any atom is 0.164 e. The van der Waals surface area contributed by atoms with Crippen molar-refractivity contribution in [2.75, 3.05) is 0 Å². The van der Waals surface area contributed by atoms with E-state index in [0.717, 1.165) is 82.8 Å². The minimum atomic E-state index is 0.536. The second-order valence-electron chi connectivity index (χ2n) is 12.6. The summed E-state index contributed by atoms with van der Waals surface area (Å²) in [5, 5.41) is 3.83. The van der Waals surface area contributed by atoms with E-state index in [1.807, 2.05) is 91.3 Å². The third-order valence-electron chi connectivity index (χ3n) is 9.39. The largest absolute Gasteiger partial charge is 0.254 e. The first-order valence-corrected chi connectivity index (χ1v) is 17.1. The number of aromatic nitrogens is 7. The Morgan fingerprint density at radius 3 is 1.19 bits per heavy atom. The molecule has 0 radical (unpaired) electrons. The third-order valence-corrected chi connectivity index (χ3v) is 9.39. The van der Waals surface area contributed by atoms with Crippen molar-refractivity contribution in [1.29, 1.82) is 0 Å². The van der Waals surface area contributed by atoms with Gasteiger partial charge >= 0.3 is 0 Å². The van der Waals surface area contributed by atoms with E-state index in [1.165, 1.54) is 0 Å². The molecule has 52 heavy (non-hydrogen) atoms. The first kappa shape index (κ1) is 29.6. The second kappa shape index (κ2) is 12.3. The molecule has 7 nitrogen and oxygen atoms in total. The number of hydrogen-bond donors (Lipinski definition) is 0. The van der Waals surface area contributed by atoms with Gasteiger partial charge in [-0.15, -0.1) is 0 Å². The fraction of sp³-hybridized carbons (Fsp3) is 0. The molecular formula is C45H27N7. The highest BCUT2D eigenvalue weighted by atomic mass is 15.0. The van der Waals surface area contributed by atoms with E-state index < -0.39 is 0 Å². The lowest BCUT2D eigenvalue weighted by atomic mass is 10.0. The average molecular weight is 666 g/mol. The van der Waals surface area contributed by atoms with Crippen molar-refractivity contribution in [2.45, 2.75) is 0 Å². The smallest absolute Gasteiger partial charge is 0.164 e. The Kier molecular flexibility index (Phi) is 6.99. The second-order valence-corrected chi connectivity index (χ2v) is 12.6. The van der Waals surface area contributed by atoms with Crippen LogP contribution in [0.2, 0.25) is 0 Å². The van der Waals surface area contributed by atoms with Gasteiger partial charge in [-0.1, -0.05) is 127 Å². The minimum absolute atomic E-state index is 0.536. The molecule has 5 heterocycles. The molecule has 0 aliphatic carbocycles. The zero-order valence-electron chi connectivity index (χ0n) is 27.7. The van der Waals surface area contributed by atoms with Gasteiger partial charge < -0.3 is 0 Å². The average Bonchev–Trinajstić information content (AvgIpc) is 3.23. The van der Waals surface area contributed by atoms with Crippen LogP contribution in [0.5, 0.6) is 0 Å². The fourth-order valence-electron chi connectivity index (χ4n) is 6.87. The van der Waals surface area contributed by atoms with Gasteiger partial charge in [-0.05, 0) is 24.3 Å². The van der Waals surface area contributed by atoms with Crippen LogP contribution in [0, 0.1) is 0 Å². The number of hydrogen-bond acceptors (Lipinski definition) is 7. The molecule has 0 fully saturated rings. The van der Waals surface area contributed by atoms with Crippen LogP contribution in [-0.2, 0) is 0 Å². The fourth-order valence-corrected chi connectivity index (χ4v) is 6.87. The van der Waals surface area contributed by atoms with Crippen molar-refractivity contribution in [1.82, 2.24) is 34.9 Å². The van der Waals surface area contributed by atoms with Crippen molar-refractivity contribution in [3.05, 3.63) is 164 Å². The van der Waals surface area contributed by atoms with Crippen molar-refractivity contribution >= 4 is 43.6 Å². The molecule has 0 spiro atoms. The molecule has 10 rings (SSSR count). The van der Waals surface area contributed by atoms with E-state index in [1.54, 1.807) is 0 Å². The Morgan fingerprint density at radius 1 is 0.308 bits per heavy atom. The van der Waals surface area contributed by atoms with Crippen LogP contribution in [-0.4, -0.2) is 34.9 Å². The highest BCUT2D eigenvalue weighted by Gasteiger charge is 2.21. The van der Waals surface area contributed by atoms with Crippen molar-refractivity contribution < 1.29 is 0 Å². The van der Waals surface area contributed by atoms with E-state index in [0.29, 0.717) is 17.5 Å². The van der Waals surface area contributed by atoms with Gasteiger partial charge in [-0.3, -0.25) is 9.97 Å². The summed E-state index contributed by atoms with van der Waals surface area (Å²) in [4.78, 5) is 35.6. The molecule has 0 aliphatic rings.